The lowest BCUT2D eigenvalue weighted by Gasteiger charge is -2.00. The first-order chi connectivity index (χ1) is 7.11. The molecule has 0 aliphatic heterocycles. The number of aryl methyl sites for hydroxylation is 2. The summed E-state index contributed by atoms with van der Waals surface area (Å²) in [7, 11) is 0. The van der Waals surface area contributed by atoms with E-state index in [2.05, 4.69) is 50.8 Å². The summed E-state index contributed by atoms with van der Waals surface area (Å²) in [6.45, 7) is 6.30. The van der Waals surface area contributed by atoms with Gasteiger partial charge in [0.2, 0.25) is 0 Å². The third kappa shape index (κ3) is 4.18. The summed E-state index contributed by atoms with van der Waals surface area (Å²) in [5, 5.41) is 0. The number of rotatable bonds is 2. The average Bonchev–Trinajstić information content (AvgIpc) is 2.14. The van der Waals surface area contributed by atoms with Crippen molar-refractivity contribution in [2.45, 2.75) is 39.7 Å². The SMILES string of the molecule is CCCC(N)C#Cc1cc(C)cc(C)c1. The molecule has 0 aromatic heterocycles. The maximum atomic E-state index is 5.83. The minimum Gasteiger partial charge on any atom is -0.318 e. The molecule has 15 heavy (non-hydrogen) atoms. The molecule has 1 heteroatoms. The van der Waals surface area contributed by atoms with E-state index < -0.39 is 0 Å². The summed E-state index contributed by atoms with van der Waals surface area (Å²) in [5.41, 5.74) is 9.41. The molecule has 0 radical (unpaired) electrons. The molecule has 0 bridgehead atoms. The lowest BCUT2D eigenvalue weighted by molar-refractivity contribution is 0.720. The van der Waals surface area contributed by atoms with E-state index in [1.807, 2.05) is 0 Å². The van der Waals surface area contributed by atoms with Crippen molar-refractivity contribution in [1.82, 2.24) is 0 Å². The van der Waals surface area contributed by atoms with Crippen LogP contribution < -0.4 is 5.73 Å². The van der Waals surface area contributed by atoms with Crippen LogP contribution in [0.4, 0.5) is 0 Å². The highest BCUT2D eigenvalue weighted by Crippen LogP contribution is 2.07. The molecule has 2 N–H and O–H groups in total. The van der Waals surface area contributed by atoms with E-state index in [0.29, 0.717) is 0 Å². The molecule has 0 saturated heterocycles. The van der Waals surface area contributed by atoms with Gasteiger partial charge in [-0.3, -0.25) is 0 Å². The molecule has 0 aliphatic rings. The lowest BCUT2D eigenvalue weighted by Crippen LogP contribution is -2.16. The number of hydrogen-bond donors (Lipinski definition) is 1. The predicted molar refractivity (Wildman–Crippen MR) is 65.7 cm³/mol. The fraction of sp³-hybridized carbons (Fsp3) is 0.429. The summed E-state index contributed by atoms with van der Waals surface area (Å²) in [4.78, 5) is 0. The summed E-state index contributed by atoms with van der Waals surface area (Å²) in [6, 6.07) is 6.35. The number of nitrogens with two attached hydrogens (primary N) is 1. The second kappa shape index (κ2) is 5.58. The largest absolute Gasteiger partial charge is 0.318 e. The molecule has 0 amide bonds. The second-order valence-electron chi connectivity index (χ2n) is 4.04. The highest BCUT2D eigenvalue weighted by atomic mass is 14.6. The smallest absolute Gasteiger partial charge is 0.0668 e. The van der Waals surface area contributed by atoms with Crippen molar-refractivity contribution >= 4 is 0 Å². The molecule has 1 rings (SSSR count). The van der Waals surface area contributed by atoms with Gasteiger partial charge in [0, 0.05) is 5.56 Å². The van der Waals surface area contributed by atoms with Crippen LogP contribution >= 0.6 is 0 Å². The van der Waals surface area contributed by atoms with Crippen LogP contribution in [0, 0.1) is 25.7 Å². The maximum Gasteiger partial charge on any atom is 0.0668 e. The number of benzene rings is 1. The monoisotopic (exact) mass is 201 g/mol. The minimum atomic E-state index is 0.0100. The van der Waals surface area contributed by atoms with Crippen LogP contribution in [0.15, 0.2) is 18.2 Å². The Morgan fingerprint density at radius 3 is 2.33 bits per heavy atom. The van der Waals surface area contributed by atoms with Gasteiger partial charge in [-0.2, -0.15) is 0 Å². The zero-order chi connectivity index (χ0) is 11.3. The first kappa shape index (κ1) is 11.8. The molecule has 0 fully saturated rings. The topological polar surface area (TPSA) is 26.0 Å². The summed E-state index contributed by atoms with van der Waals surface area (Å²) in [6.07, 6.45) is 2.06. The maximum absolute atomic E-state index is 5.83. The van der Waals surface area contributed by atoms with Crippen molar-refractivity contribution in [2.75, 3.05) is 0 Å². The van der Waals surface area contributed by atoms with Gasteiger partial charge in [0.05, 0.1) is 6.04 Å². The summed E-state index contributed by atoms with van der Waals surface area (Å²) in [5.74, 6) is 6.22. The van der Waals surface area contributed by atoms with Crippen molar-refractivity contribution in [1.29, 1.82) is 0 Å². The Labute approximate surface area is 92.7 Å². The molecule has 0 saturated carbocycles. The van der Waals surface area contributed by atoms with Gasteiger partial charge in [-0.15, -0.1) is 0 Å². The van der Waals surface area contributed by atoms with Crippen molar-refractivity contribution in [3.05, 3.63) is 34.9 Å². The Hall–Kier alpha value is -1.26. The fourth-order valence-corrected chi connectivity index (χ4v) is 1.61. The third-order valence-corrected chi connectivity index (χ3v) is 2.22. The molecule has 1 aromatic rings. The van der Waals surface area contributed by atoms with Gasteiger partial charge < -0.3 is 5.73 Å². The van der Waals surface area contributed by atoms with Crippen molar-refractivity contribution in [3.8, 4) is 11.8 Å². The van der Waals surface area contributed by atoms with E-state index >= 15 is 0 Å². The Morgan fingerprint density at radius 2 is 1.80 bits per heavy atom. The van der Waals surface area contributed by atoms with Gasteiger partial charge in [0.1, 0.15) is 0 Å². The second-order valence-corrected chi connectivity index (χ2v) is 4.04. The summed E-state index contributed by atoms with van der Waals surface area (Å²) >= 11 is 0. The van der Waals surface area contributed by atoms with Crippen LogP contribution in [0.2, 0.25) is 0 Å². The first-order valence-corrected chi connectivity index (χ1v) is 5.47. The molecule has 0 aliphatic carbocycles. The van der Waals surface area contributed by atoms with Gasteiger partial charge in [-0.1, -0.05) is 31.3 Å². The molecule has 80 valence electrons. The van der Waals surface area contributed by atoms with E-state index in [1.165, 1.54) is 11.1 Å². The minimum absolute atomic E-state index is 0.0100. The van der Waals surface area contributed by atoms with Gasteiger partial charge in [-0.05, 0) is 43.5 Å². The van der Waals surface area contributed by atoms with Crippen LogP contribution in [0.3, 0.4) is 0 Å². The fourth-order valence-electron chi connectivity index (χ4n) is 1.61. The highest BCUT2D eigenvalue weighted by molar-refractivity contribution is 5.40. The van der Waals surface area contributed by atoms with Crippen LogP contribution in [-0.2, 0) is 0 Å². The van der Waals surface area contributed by atoms with Gasteiger partial charge in [-0.25, -0.2) is 0 Å². The van der Waals surface area contributed by atoms with Crippen molar-refractivity contribution < 1.29 is 0 Å². The average molecular weight is 201 g/mol. The predicted octanol–water partition coefficient (Wildman–Crippen LogP) is 2.78. The molecule has 1 atom stereocenters. The van der Waals surface area contributed by atoms with Crippen LogP contribution in [0.1, 0.15) is 36.5 Å². The Morgan fingerprint density at radius 1 is 1.20 bits per heavy atom. The Kier molecular flexibility index (Phi) is 4.39. The van der Waals surface area contributed by atoms with E-state index in [-0.39, 0.29) is 6.04 Å². The van der Waals surface area contributed by atoms with Gasteiger partial charge >= 0.3 is 0 Å². The molecule has 1 nitrogen and oxygen atoms in total. The standard InChI is InChI=1S/C14H19N/c1-4-5-14(15)7-6-13-9-11(2)8-12(3)10-13/h8-10,14H,4-5,15H2,1-3H3. The normalized spacial score (nSPS) is 11.7. The highest BCUT2D eigenvalue weighted by Gasteiger charge is 1.95. The molecule has 1 aromatic carbocycles. The van der Waals surface area contributed by atoms with Gasteiger partial charge in [0.25, 0.3) is 0 Å². The van der Waals surface area contributed by atoms with Crippen LogP contribution in [0.5, 0.6) is 0 Å². The Balaban J connectivity index is 2.79. The Bertz CT molecular complexity index is 362. The lowest BCUT2D eigenvalue weighted by atomic mass is 10.1. The summed E-state index contributed by atoms with van der Waals surface area (Å²) < 4.78 is 0. The van der Waals surface area contributed by atoms with Crippen LogP contribution in [0.25, 0.3) is 0 Å². The van der Waals surface area contributed by atoms with E-state index in [1.54, 1.807) is 0 Å². The molecular weight excluding hydrogens is 182 g/mol. The number of hydrogen-bond acceptors (Lipinski definition) is 1. The van der Waals surface area contributed by atoms with Crippen molar-refractivity contribution in [2.24, 2.45) is 5.73 Å². The zero-order valence-electron chi connectivity index (χ0n) is 9.80. The molecule has 1 unspecified atom stereocenters. The van der Waals surface area contributed by atoms with E-state index in [4.69, 9.17) is 5.73 Å². The van der Waals surface area contributed by atoms with E-state index in [0.717, 1.165) is 18.4 Å². The molecular formula is C14H19N. The zero-order valence-corrected chi connectivity index (χ0v) is 9.80. The van der Waals surface area contributed by atoms with Crippen molar-refractivity contribution in [3.63, 3.8) is 0 Å². The quantitative estimate of drug-likeness (QED) is 0.732. The van der Waals surface area contributed by atoms with Gasteiger partial charge in [0.15, 0.2) is 0 Å². The third-order valence-electron chi connectivity index (χ3n) is 2.22. The first-order valence-electron chi connectivity index (χ1n) is 5.47. The van der Waals surface area contributed by atoms with E-state index in [9.17, 15) is 0 Å². The van der Waals surface area contributed by atoms with Crippen LogP contribution in [-0.4, -0.2) is 6.04 Å². The molecule has 0 heterocycles. The molecule has 0 spiro atoms.